The first-order valence-electron chi connectivity index (χ1n) is 10.5. The lowest BCUT2D eigenvalue weighted by Crippen LogP contribution is -2.44. The monoisotopic (exact) mass is 493 g/mol. The Morgan fingerprint density at radius 1 is 1.14 bits per heavy atom. The maximum absolute atomic E-state index is 12.9. The highest BCUT2D eigenvalue weighted by atomic mass is 32.2. The number of nitriles is 1. The molecule has 1 aliphatic heterocycles. The third kappa shape index (κ3) is 5.70. The number of rotatable bonds is 8. The second kappa shape index (κ2) is 11.4. The fourth-order valence-electron chi connectivity index (χ4n) is 3.73. The van der Waals surface area contributed by atoms with Gasteiger partial charge in [0.2, 0.25) is 11.8 Å². The molecule has 0 spiro atoms. The summed E-state index contributed by atoms with van der Waals surface area (Å²) in [7, 11) is 2.62. The van der Waals surface area contributed by atoms with Crippen LogP contribution in [0.5, 0.6) is 5.75 Å². The van der Waals surface area contributed by atoms with Gasteiger partial charge in [-0.25, -0.2) is 0 Å². The molecule has 3 rings (SSSR count). The zero-order valence-electron chi connectivity index (χ0n) is 19.3. The zero-order chi connectivity index (χ0) is 25.5. The summed E-state index contributed by atoms with van der Waals surface area (Å²) >= 11 is 0.958. The van der Waals surface area contributed by atoms with E-state index in [2.05, 4.69) is 16.7 Å². The predicted octanol–water partition coefficient (Wildman–Crippen LogP) is 3.01. The normalized spacial score (nSPS) is 17.1. The Labute approximate surface area is 206 Å². The molecule has 0 radical (unpaired) electrons. The quantitative estimate of drug-likeness (QED) is 0.326. The number of nitrogens with one attached hydrogen (secondary N) is 2. The lowest BCUT2D eigenvalue weighted by molar-refractivity contribution is -0.150. The Balaban J connectivity index is 1.91. The average molecular weight is 494 g/mol. The van der Waals surface area contributed by atoms with E-state index in [-0.39, 0.29) is 22.1 Å². The molecule has 9 nitrogen and oxygen atoms in total. The van der Waals surface area contributed by atoms with Crippen molar-refractivity contribution in [3.63, 3.8) is 0 Å². The van der Waals surface area contributed by atoms with E-state index < -0.39 is 29.6 Å². The number of thioether (sulfide) groups is 1. The Kier molecular flexibility index (Phi) is 8.28. The fourth-order valence-corrected chi connectivity index (χ4v) is 4.58. The van der Waals surface area contributed by atoms with Crippen molar-refractivity contribution >= 4 is 41.0 Å². The molecule has 0 aliphatic carbocycles. The number of hydrogen-bond donors (Lipinski definition) is 2. The number of carbonyl (C=O) groups excluding carboxylic acids is 4. The largest absolute Gasteiger partial charge is 0.496 e. The maximum Gasteiger partial charge on any atom is 0.319 e. The van der Waals surface area contributed by atoms with Gasteiger partial charge < -0.3 is 20.1 Å². The van der Waals surface area contributed by atoms with Crippen molar-refractivity contribution in [2.75, 3.05) is 25.3 Å². The Bertz CT molecular complexity index is 1250. The van der Waals surface area contributed by atoms with Gasteiger partial charge >= 0.3 is 5.97 Å². The summed E-state index contributed by atoms with van der Waals surface area (Å²) in [5, 5.41) is 15.4. The van der Waals surface area contributed by atoms with E-state index in [9.17, 15) is 24.4 Å². The van der Waals surface area contributed by atoms with Gasteiger partial charge in [0.25, 0.3) is 0 Å². The predicted molar refractivity (Wildman–Crippen MR) is 130 cm³/mol. The molecular formula is C25H23N3O6S. The molecule has 0 fully saturated rings. The SMILES string of the molecule is COC(=O)[C@H]1C(=O)NC(SCC(=O)Nc2cccc(C(C)=O)c2)=C(C#N)[C@H]1c1ccccc1OC. The van der Waals surface area contributed by atoms with E-state index in [1.807, 2.05) is 0 Å². The zero-order valence-corrected chi connectivity index (χ0v) is 20.1. The number of benzene rings is 2. The molecular weight excluding hydrogens is 470 g/mol. The van der Waals surface area contributed by atoms with Gasteiger partial charge in [0.1, 0.15) is 11.7 Å². The van der Waals surface area contributed by atoms with E-state index >= 15 is 0 Å². The number of anilines is 1. The maximum atomic E-state index is 12.9. The number of ketones is 1. The molecule has 2 N–H and O–H groups in total. The summed E-state index contributed by atoms with van der Waals surface area (Å²) in [5.74, 6) is -3.98. The van der Waals surface area contributed by atoms with Crippen LogP contribution in [0.3, 0.4) is 0 Å². The van der Waals surface area contributed by atoms with Gasteiger partial charge in [-0.05, 0) is 25.1 Å². The number of hydrogen-bond acceptors (Lipinski definition) is 8. The van der Waals surface area contributed by atoms with Crippen LogP contribution < -0.4 is 15.4 Å². The first kappa shape index (κ1) is 25.5. The summed E-state index contributed by atoms with van der Waals surface area (Å²) < 4.78 is 10.2. The van der Waals surface area contributed by atoms with Crippen LogP contribution in [0, 0.1) is 17.2 Å². The number of methoxy groups -OCH3 is 2. The van der Waals surface area contributed by atoms with Crippen molar-refractivity contribution in [1.29, 1.82) is 5.26 Å². The van der Waals surface area contributed by atoms with Crippen LogP contribution in [0.4, 0.5) is 5.69 Å². The number of Topliss-reactive ketones (excluding diaryl/α,β-unsaturated/α-hetero) is 1. The van der Waals surface area contributed by atoms with Gasteiger partial charge in [-0.2, -0.15) is 5.26 Å². The van der Waals surface area contributed by atoms with Gasteiger partial charge in [-0.1, -0.05) is 42.1 Å². The summed E-state index contributed by atoms with van der Waals surface area (Å²) in [5.41, 5.74) is 1.49. The lowest BCUT2D eigenvalue weighted by atomic mass is 9.78. The van der Waals surface area contributed by atoms with Crippen molar-refractivity contribution in [3.05, 3.63) is 70.3 Å². The van der Waals surface area contributed by atoms with E-state index in [0.717, 1.165) is 11.8 Å². The molecule has 0 aromatic heterocycles. The topological polar surface area (TPSA) is 135 Å². The molecule has 2 aromatic carbocycles. The molecule has 2 amide bonds. The molecule has 10 heteroatoms. The number of amides is 2. The molecule has 0 unspecified atom stereocenters. The number of ether oxygens (including phenoxy) is 2. The Morgan fingerprint density at radius 2 is 1.89 bits per heavy atom. The third-order valence-electron chi connectivity index (χ3n) is 5.36. The Hall–Kier alpha value is -4.10. The molecule has 2 atom stereocenters. The van der Waals surface area contributed by atoms with Gasteiger partial charge in [0.05, 0.1) is 36.6 Å². The van der Waals surface area contributed by atoms with Crippen molar-refractivity contribution in [2.24, 2.45) is 5.92 Å². The first-order chi connectivity index (χ1) is 16.8. The standard InChI is InChI=1S/C25H23N3O6S/c1-14(29)15-7-6-8-16(11-15)27-20(30)13-35-24-18(12-26)21(17-9-4-5-10-19(17)33-2)22(23(31)28-24)25(32)34-3/h4-11,21-22H,13H2,1-3H3,(H,27,30)(H,28,31)/t21-,22-/m1/s1. The van der Waals surface area contributed by atoms with E-state index in [0.29, 0.717) is 22.6 Å². The molecule has 2 aromatic rings. The van der Waals surface area contributed by atoms with Crippen LogP contribution in [-0.4, -0.2) is 43.5 Å². The Morgan fingerprint density at radius 3 is 2.54 bits per heavy atom. The van der Waals surface area contributed by atoms with Gasteiger partial charge in [0, 0.05) is 22.7 Å². The number of para-hydroxylation sites is 1. The van der Waals surface area contributed by atoms with Crippen molar-refractivity contribution in [2.45, 2.75) is 12.8 Å². The highest BCUT2D eigenvalue weighted by molar-refractivity contribution is 8.03. The fraction of sp³-hybridized carbons (Fsp3) is 0.240. The second-order valence-corrected chi connectivity index (χ2v) is 8.52. The molecule has 0 bridgehead atoms. The van der Waals surface area contributed by atoms with Crippen LogP contribution in [0.25, 0.3) is 0 Å². The summed E-state index contributed by atoms with van der Waals surface area (Å²) in [6, 6.07) is 15.4. The van der Waals surface area contributed by atoms with Crippen LogP contribution >= 0.6 is 11.8 Å². The van der Waals surface area contributed by atoms with Crippen LogP contribution in [0.1, 0.15) is 28.8 Å². The minimum Gasteiger partial charge on any atom is -0.496 e. The number of carbonyl (C=O) groups is 4. The van der Waals surface area contributed by atoms with Gasteiger partial charge in [-0.3, -0.25) is 19.2 Å². The van der Waals surface area contributed by atoms with Crippen molar-refractivity contribution in [3.8, 4) is 11.8 Å². The summed E-state index contributed by atoms with van der Waals surface area (Å²) in [6.07, 6.45) is 0. The van der Waals surface area contributed by atoms with Crippen LogP contribution in [0.15, 0.2) is 59.1 Å². The van der Waals surface area contributed by atoms with Crippen molar-refractivity contribution < 1.29 is 28.7 Å². The minimum absolute atomic E-state index is 0.112. The van der Waals surface area contributed by atoms with E-state index in [1.165, 1.54) is 21.1 Å². The van der Waals surface area contributed by atoms with E-state index in [1.54, 1.807) is 48.5 Å². The number of nitrogens with zero attached hydrogens (tertiary/aromatic N) is 1. The van der Waals surface area contributed by atoms with Gasteiger partial charge in [-0.15, -0.1) is 0 Å². The number of esters is 1. The molecule has 180 valence electrons. The second-order valence-electron chi connectivity index (χ2n) is 7.54. The van der Waals surface area contributed by atoms with E-state index in [4.69, 9.17) is 9.47 Å². The molecule has 0 saturated heterocycles. The van der Waals surface area contributed by atoms with Crippen LogP contribution in [0.2, 0.25) is 0 Å². The molecule has 1 aliphatic rings. The lowest BCUT2D eigenvalue weighted by Gasteiger charge is -2.31. The third-order valence-corrected chi connectivity index (χ3v) is 6.38. The summed E-state index contributed by atoms with van der Waals surface area (Å²) in [6.45, 7) is 1.43. The van der Waals surface area contributed by atoms with Crippen molar-refractivity contribution in [1.82, 2.24) is 5.32 Å². The minimum atomic E-state index is -1.31. The average Bonchev–Trinajstić information content (AvgIpc) is 2.86. The molecule has 0 saturated carbocycles. The van der Waals surface area contributed by atoms with Crippen LogP contribution in [-0.2, 0) is 19.1 Å². The highest BCUT2D eigenvalue weighted by Gasteiger charge is 2.45. The number of allylic oxidation sites excluding steroid dienone is 1. The molecule has 1 heterocycles. The first-order valence-corrected chi connectivity index (χ1v) is 11.5. The smallest absolute Gasteiger partial charge is 0.319 e. The highest BCUT2D eigenvalue weighted by Crippen LogP contribution is 2.43. The van der Waals surface area contributed by atoms with Gasteiger partial charge in [0.15, 0.2) is 5.78 Å². The molecule has 35 heavy (non-hydrogen) atoms. The summed E-state index contributed by atoms with van der Waals surface area (Å²) in [4.78, 5) is 49.6.